The van der Waals surface area contributed by atoms with Crippen LogP contribution in [0.2, 0.25) is 0 Å². The lowest BCUT2D eigenvalue weighted by Gasteiger charge is -2.43. The molecule has 2 N–H and O–H groups in total. The van der Waals surface area contributed by atoms with Gasteiger partial charge in [-0.1, -0.05) is 28.1 Å². The van der Waals surface area contributed by atoms with E-state index in [4.69, 9.17) is 20.2 Å². The SMILES string of the molecule is Nc1ncnc2nc(-c3ccc(N4CCC5(CC4)OCCCO5)nn3)cc(-c3cccc(Br)c3)c12. The fraction of sp³-hybridized carbons (Fsp3) is 0.320. The lowest BCUT2D eigenvalue weighted by atomic mass is 10.0. The molecule has 1 spiro atoms. The predicted molar refractivity (Wildman–Crippen MR) is 137 cm³/mol. The normalized spacial score (nSPS) is 17.7. The van der Waals surface area contributed by atoms with Crippen molar-refractivity contribution in [2.75, 3.05) is 36.9 Å². The molecular weight excluding hydrogens is 510 g/mol. The molecule has 2 fully saturated rings. The maximum Gasteiger partial charge on any atom is 0.171 e. The lowest BCUT2D eigenvalue weighted by molar-refractivity contribution is -0.275. The molecule has 0 amide bonds. The molecule has 10 heteroatoms. The number of pyridine rings is 1. The number of anilines is 2. The topological polar surface area (TPSA) is 112 Å². The van der Waals surface area contributed by atoms with Crippen LogP contribution in [0.25, 0.3) is 33.5 Å². The second-order valence-corrected chi connectivity index (χ2v) is 9.66. The number of nitrogens with zero attached hydrogens (tertiary/aromatic N) is 6. The second kappa shape index (κ2) is 9.10. The largest absolute Gasteiger partial charge is 0.383 e. The first kappa shape index (κ1) is 22.3. The van der Waals surface area contributed by atoms with Crippen molar-refractivity contribution in [2.45, 2.75) is 25.0 Å². The van der Waals surface area contributed by atoms with E-state index in [1.165, 1.54) is 6.33 Å². The monoisotopic (exact) mass is 533 g/mol. The Labute approximate surface area is 210 Å². The van der Waals surface area contributed by atoms with E-state index in [0.29, 0.717) is 28.2 Å². The highest BCUT2D eigenvalue weighted by Gasteiger charge is 2.38. The molecule has 0 atom stereocenters. The molecule has 2 aliphatic heterocycles. The zero-order valence-electron chi connectivity index (χ0n) is 19.0. The van der Waals surface area contributed by atoms with Crippen LogP contribution in [0.3, 0.4) is 0 Å². The average Bonchev–Trinajstić information content (AvgIpc) is 2.89. The Balaban J connectivity index is 1.31. The summed E-state index contributed by atoms with van der Waals surface area (Å²) in [5, 5.41) is 9.74. The molecule has 0 bridgehead atoms. The van der Waals surface area contributed by atoms with Crippen LogP contribution in [0, 0.1) is 0 Å². The van der Waals surface area contributed by atoms with Crippen molar-refractivity contribution in [3.8, 4) is 22.5 Å². The third-order valence-electron chi connectivity index (χ3n) is 6.55. The number of nitrogens with two attached hydrogens (primary N) is 1. The van der Waals surface area contributed by atoms with Crippen LogP contribution in [-0.4, -0.2) is 57.2 Å². The summed E-state index contributed by atoms with van der Waals surface area (Å²) in [6.07, 6.45) is 4.03. The molecule has 178 valence electrons. The number of halogens is 1. The first-order valence-corrected chi connectivity index (χ1v) is 12.4. The molecule has 1 aromatic carbocycles. The van der Waals surface area contributed by atoms with Crippen molar-refractivity contribution in [3.63, 3.8) is 0 Å². The Bertz CT molecular complexity index is 1370. The van der Waals surface area contributed by atoms with Gasteiger partial charge in [0.15, 0.2) is 17.3 Å². The van der Waals surface area contributed by atoms with Gasteiger partial charge in [0, 0.05) is 30.4 Å². The number of hydrogen-bond donors (Lipinski definition) is 1. The van der Waals surface area contributed by atoms with Crippen molar-refractivity contribution >= 4 is 38.6 Å². The van der Waals surface area contributed by atoms with E-state index >= 15 is 0 Å². The quantitative estimate of drug-likeness (QED) is 0.413. The van der Waals surface area contributed by atoms with E-state index in [2.05, 4.69) is 41.0 Å². The molecule has 4 aromatic rings. The summed E-state index contributed by atoms with van der Waals surface area (Å²) in [5.74, 6) is 0.794. The van der Waals surface area contributed by atoms with Gasteiger partial charge in [-0.15, -0.1) is 10.2 Å². The van der Waals surface area contributed by atoms with Gasteiger partial charge in [0.2, 0.25) is 0 Å². The molecule has 0 unspecified atom stereocenters. The van der Waals surface area contributed by atoms with E-state index < -0.39 is 5.79 Å². The van der Waals surface area contributed by atoms with E-state index in [1.54, 1.807) is 0 Å². The molecule has 2 aliphatic rings. The highest BCUT2D eigenvalue weighted by molar-refractivity contribution is 9.10. The summed E-state index contributed by atoms with van der Waals surface area (Å²) in [4.78, 5) is 15.5. The van der Waals surface area contributed by atoms with E-state index in [9.17, 15) is 0 Å². The molecule has 0 aliphatic carbocycles. The number of piperidine rings is 1. The minimum absolute atomic E-state index is 0.388. The molecular formula is C25H24BrN7O2. The minimum Gasteiger partial charge on any atom is -0.383 e. The van der Waals surface area contributed by atoms with Crippen LogP contribution in [0.1, 0.15) is 19.3 Å². The second-order valence-electron chi connectivity index (χ2n) is 8.75. The molecule has 35 heavy (non-hydrogen) atoms. The van der Waals surface area contributed by atoms with Gasteiger partial charge in [-0.3, -0.25) is 0 Å². The zero-order chi connectivity index (χ0) is 23.8. The van der Waals surface area contributed by atoms with Crippen LogP contribution >= 0.6 is 15.9 Å². The minimum atomic E-state index is -0.427. The van der Waals surface area contributed by atoms with Crippen molar-refractivity contribution in [1.29, 1.82) is 0 Å². The predicted octanol–water partition coefficient (Wildman–Crippen LogP) is 4.23. The Morgan fingerprint density at radius 2 is 1.77 bits per heavy atom. The lowest BCUT2D eigenvalue weighted by Crippen LogP contribution is -2.50. The van der Waals surface area contributed by atoms with Crippen molar-refractivity contribution < 1.29 is 9.47 Å². The number of aromatic nitrogens is 5. The van der Waals surface area contributed by atoms with Gasteiger partial charge in [-0.05, 0) is 47.9 Å². The summed E-state index contributed by atoms with van der Waals surface area (Å²) in [6.45, 7) is 3.16. The van der Waals surface area contributed by atoms with Gasteiger partial charge in [0.05, 0.1) is 24.3 Å². The first-order valence-electron chi connectivity index (χ1n) is 11.6. The Morgan fingerprint density at radius 1 is 0.943 bits per heavy atom. The summed E-state index contributed by atoms with van der Waals surface area (Å²) < 4.78 is 12.9. The number of rotatable bonds is 3. The number of hydrogen-bond acceptors (Lipinski definition) is 9. The van der Waals surface area contributed by atoms with Crippen molar-refractivity contribution in [3.05, 3.63) is 53.3 Å². The van der Waals surface area contributed by atoms with E-state index in [0.717, 1.165) is 67.0 Å². The third-order valence-corrected chi connectivity index (χ3v) is 7.04. The summed E-state index contributed by atoms with van der Waals surface area (Å²) >= 11 is 3.55. The fourth-order valence-electron chi connectivity index (χ4n) is 4.72. The average molecular weight is 534 g/mol. The Kier molecular flexibility index (Phi) is 5.79. The highest BCUT2D eigenvalue weighted by atomic mass is 79.9. The number of fused-ring (bicyclic) bond motifs is 1. The number of benzene rings is 1. The van der Waals surface area contributed by atoms with Crippen LogP contribution in [0.5, 0.6) is 0 Å². The van der Waals surface area contributed by atoms with Crippen LogP contribution in [-0.2, 0) is 9.47 Å². The summed E-state index contributed by atoms with van der Waals surface area (Å²) in [7, 11) is 0. The first-order chi connectivity index (χ1) is 17.1. The molecule has 2 saturated heterocycles. The maximum atomic E-state index is 6.22. The molecule has 0 saturated carbocycles. The molecule has 6 rings (SSSR count). The van der Waals surface area contributed by atoms with Crippen molar-refractivity contribution in [1.82, 2.24) is 25.1 Å². The summed E-state index contributed by atoms with van der Waals surface area (Å²) in [5.41, 5.74) is 9.95. The maximum absolute atomic E-state index is 6.22. The standard InChI is InChI=1S/C25H24BrN7O2/c26-17-4-1-3-16(13-17)18-14-20(30-24-22(18)23(27)28-15-29-24)19-5-6-21(32-31-19)33-9-7-25(8-10-33)34-11-2-12-35-25/h1,3-6,13-15H,2,7-12H2,(H2,27,28,29,30). The third kappa shape index (κ3) is 4.33. The Morgan fingerprint density at radius 3 is 2.51 bits per heavy atom. The van der Waals surface area contributed by atoms with Crippen LogP contribution in [0.4, 0.5) is 11.6 Å². The molecule has 9 nitrogen and oxygen atoms in total. The van der Waals surface area contributed by atoms with E-state index in [-0.39, 0.29) is 0 Å². The van der Waals surface area contributed by atoms with Gasteiger partial charge < -0.3 is 20.1 Å². The van der Waals surface area contributed by atoms with Crippen molar-refractivity contribution in [2.24, 2.45) is 0 Å². The van der Waals surface area contributed by atoms with Gasteiger partial charge in [-0.25, -0.2) is 15.0 Å². The van der Waals surface area contributed by atoms with Crippen LogP contribution in [0.15, 0.2) is 53.3 Å². The van der Waals surface area contributed by atoms with Crippen LogP contribution < -0.4 is 10.6 Å². The van der Waals surface area contributed by atoms with Gasteiger partial charge in [-0.2, -0.15) is 0 Å². The molecule has 3 aromatic heterocycles. The molecule has 0 radical (unpaired) electrons. The van der Waals surface area contributed by atoms with Gasteiger partial charge >= 0.3 is 0 Å². The number of ether oxygens (including phenoxy) is 2. The smallest absolute Gasteiger partial charge is 0.171 e. The number of nitrogen functional groups attached to an aromatic ring is 1. The van der Waals surface area contributed by atoms with Gasteiger partial charge in [0.25, 0.3) is 0 Å². The Hall–Kier alpha value is -3.21. The zero-order valence-corrected chi connectivity index (χ0v) is 20.6. The fourth-order valence-corrected chi connectivity index (χ4v) is 5.11. The molecule has 5 heterocycles. The van der Waals surface area contributed by atoms with E-state index in [1.807, 2.05) is 42.5 Å². The highest BCUT2D eigenvalue weighted by Crippen LogP contribution is 2.35. The summed E-state index contributed by atoms with van der Waals surface area (Å²) in [6, 6.07) is 13.9. The van der Waals surface area contributed by atoms with Gasteiger partial charge in [0.1, 0.15) is 17.8 Å².